The van der Waals surface area contributed by atoms with E-state index in [0.29, 0.717) is 43.2 Å². The van der Waals surface area contributed by atoms with Gasteiger partial charge in [-0.2, -0.15) is 9.94 Å². The fourth-order valence-corrected chi connectivity index (χ4v) is 4.63. The molecule has 11 heteroatoms. The van der Waals surface area contributed by atoms with Crippen LogP contribution in [0.1, 0.15) is 28.4 Å². The summed E-state index contributed by atoms with van der Waals surface area (Å²) in [6, 6.07) is 9.75. The second kappa shape index (κ2) is 9.77. The van der Waals surface area contributed by atoms with Gasteiger partial charge in [-0.25, -0.2) is 4.98 Å². The SMILES string of the molecule is COc1cc([C@@H]2CN3CCN(C(=O)Cc4cnc(-n5cnnn5)cc4C)C[C@@H]3CO2)ccc1C#N. The van der Waals surface area contributed by atoms with Crippen LogP contribution in [0.15, 0.2) is 36.8 Å². The molecule has 0 radical (unpaired) electrons. The van der Waals surface area contributed by atoms with Crippen molar-refractivity contribution in [2.45, 2.75) is 25.5 Å². The Morgan fingerprint density at radius 3 is 2.91 bits per heavy atom. The summed E-state index contributed by atoms with van der Waals surface area (Å²) >= 11 is 0. The molecule has 5 rings (SSSR count). The summed E-state index contributed by atoms with van der Waals surface area (Å²) in [5.74, 6) is 1.26. The zero-order valence-corrected chi connectivity index (χ0v) is 19.7. The van der Waals surface area contributed by atoms with Gasteiger partial charge in [0.05, 0.1) is 37.8 Å². The Kier molecular flexibility index (Phi) is 6.39. The number of piperazine rings is 1. The second-order valence-electron chi connectivity index (χ2n) is 8.78. The van der Waals surface area contributed by atoms with Crippen molar-refractivity contribution in [3.05, 3.63) is 59.0 Å². The number of aryl methyl sites for hydroxylation is 1. The van der Waals surface area contributed by atoms with E-state index < -0.39 is 0 Å². The van der Waals surface area contributed by atoms with Gasteiger partial charge < -0.3 is 14.4 Å². The van der Waals surface area contributed by atoms with Gasteiger partial charge in [-0.1, -0.05) is 6.07 Å². The molecule has 0 spiro atoms. The summed E-state index contributed by atoms with van der Waals surface area (Å²) in [6.45, 7) is 5.34. The van der Waals surface area contributed by atoms with Crippen molar-refractivity contribution in [1.29, 1.82) is 5.26 Å². The third-order valence-electron chi connectivity index (χ3n) is 6.70. The number of fused-ring (bicyclic) bond motifs is 1. The van der Waals surface area contributed by atoms with Gasteiger partial charge in [0.25, 0.3) is 0 Å². The van der Waals surface area contributed by atoms with E-state index in [1.807, 2.05) is 30.0 Å². The standard InChI is InChI=1S/C24H26N8O3/c1-16-7-23(32-15-27-28-29-32)26-11-19(16)9-24(33)31-6-5-30-13-22(35-14-20(30)12-31)17-3-4-18(10-25)21(8-17)34-2/h3-4,7-8,11,15,20,22H,5-6,9,12-14H2,1-2H3/t20-,22+/m1/s1. The molecule has 3 aromatic rings. The van der Waals surface area contributed by atoms with Crippen molar-refractivity contribution in [3.8, 4) is 17.6 Å². The molecular weight excluding hydrogens is 448 g/mol. The highest BCUT2D eigenvalue weighted by Gasteiger charge is 2.35. The van der Waals surface area contributed by atoms with E-state index in [9.17, 15) is 10.1 Å². The largest absolute Gasteiger partial charge is 0.495 e. The molecule has 2 fully saturated rings. The minimum absolute atomic E-state index is 0.0867. The molecule has 2 aliphatic heterocycles. The van der Waals surface area contributed by atoms with E-state index in [2.05, 4.69) is 31.5 Å². The Morgan fingerprint density at radius 2 is 2.17 bits per heavy atom. The average Bonchev–Trinajstić information content (AvgIpc) is 3.44. The summed E-state index contributed by atoms with van der Waals surface area (Å²) in [6.07, 6.45) is 3.42. The molecule has 2 aliphatic rings. The Labute approximate surface area is 202 Å². The predicted octanol–water partition coefficient (Wildman–Crippen LogP) is 1.07. The first-order valence-corrected chi connectivity index (χ1v) is 11.5. The van der Waals surface area contributed by atoms with Gasteiger partial charge in [-0.05, 0) is 52.2 Å². The Balaban J connectivity index is 1.19. The van der Waals surface area contributed by atoms with Crippen LogP contribution >= 0.6 is 0 Å². The van der Waals surface area contributed by atoms with Crippen LogP contribution in [-0.4, -0.2) is 86.8 Å². The Bertz CT molecular complexity index is 1260. The number of morpholine rings is 1. The molecule has 0 unspecified atom stereocenters. The molecule has 2 atom stereocenters. The summed E-state index contributed by atoms with van der Waals surface area (Å²) in [4.78, 5) is 21.8. The first kappa shape index (κ1) is 22.9. The highest BCUT2D eigenvalue weighted by molar-refractivity contribution is 5.79. The molecule has 1 aromatic carbocycles. The highest BCUT2D eigenvalue weighted by atomic mass is 16.5. The van der Waals surface area contributed by atoms with Crippen LogP contribution in [0.5, 0.6) is 5.75 Å². The van der Waals surface area contributed by atoms with Gasteiger partial charge in [0, 0.05) is 32.4 Å². The maximum Gasteiger partial charge on any atom is 0.227 e. The van der Waals surface area contributed by atoms with Crippen molar-refractivity contribution >= 4 is 5.91 Å². The van der Waals surface area contributed by atoms with Gasteiger partial charge >= 0.3 is 0 Å². The van der Waals surface area contributed by atoms with Crippen molar-refractivity contribution in [3.63, 3.8) is 0 Å². The number of nitrogens with zero attached hydrogens (tertiary/aromatic N) is 8. The molecule has 2 saturated heterocycles. The minimum Gasteiger partial charge on any atom is -0.495 e. The summed E-state index contributed by atoms with van der Waals surface area (Å²) < 4.78 is 13.0. The molecule has 1 amide bonds. The number of pyridine rings is 1. The maximum atomic E-state index is 13.1. The summed E-state index contributed by atoms with van der Waals surface area (Å²) in [5.41, 5.74) is 3.36. The van der Waals surface area contributed by atoms with Crippen molar-refractivity contribution in [2.75, 3.05) is 39.9 Å². The van der Waals surface area contributed by atoms with E-state index in [4.69, 9.17) is 9.47 Å². The number of methoxy groups -OCH3 is 1. The third kappa shape index (κ3) is 4.71. The molecule has 2 aromatic heterocycles. The third-order valence-corrected chi connectivity index (χ3v) is 6.70. The van der Waals surface area contributed by atoms with Gasteiger partial charge in [-0.15, -0.1) is 5.10 Å². The summed E-state index contributed by atoms with van der Waals surface area (Å²) in [7, 11) is 1.56. The molecule has 0 aliphatic carbocycles. The number of nitriles is 1. The fraction of sp³-hybridized carbons (Fsp3) is 0.417. The molecule has 0 N–H and O–H groups in total. The van der Waals surface area contributed by atoms with E-state index in [-0.39, 0.29) is 18.1 Å². The highest BCUT2D eigenvalue weighted by Crippen LogP contribution is 2.30. The number of rotatable bonds is 5. The molecule has 35 heavy (non-hydrogen) atoms. The van der Waals surface area contributed by atoms with Gasteiger partial charge in [0.2, 0.25) is 5.91 Å². The minimum atomic E-state index is -0.0948. The molecule has 11 nitrogen and oxygen atoms in total. The average molecular weight is 475 g/mol. The van der Waals surface area contributed by atoms with E-state index >= 15 is 0 Å². The number of hydrogen-bond acceptors (Lipinski definition) is 9. The Hall–Kier alpha value is -3.88. The lowest BCUT2D eigenvalue weighted by Crippen LogP contribution is -2.59. The zero-order valence-electron chi connectivity index (χ0n) is 19.7. The van der Waals surface area contributed by atoms with Crippen molar-refractivity contribution in [2.24, 2.45) is 0 Å². The molecule has 180 valence electrons. The van der Waals surface area contributed by atoms with Crippen LogP contribution in [0.2, 0.25) is 0 Å². The van der Waals surface area contributed by atoms with Crippen LogP contribution in [0, 0.1) is 18.3 Å². The normalized spacial score (nSPS) is 20.2. The van der Waals surface area contributed by atoms with Gasteiger partial charge in [-0.3, -0.25) is 9.69 Å². The predicted molar refractivity (Wildman–Crippen MR) is 124 cm³/mol. The number of carbonyl (C=O) groups is 1. The smallest absolute Gasteiger partial charge is 0.227 e. The van der Waals surface area contributed by atoms with Gasteiger partial charge in [0.1, 0.15) is 18.1 Å². The first-order chi connectivity index (χ1) is 17.1. The second-order valence-corrected chi connectivity index (χ2v) is 8.78. The number of benzene rings is 1. The quantitative estimate of drug-likeness (QED) is 0.534. The zero-order chi connectivity index (χ0) is 24.4. The lowest BCUT2D eigenvalue weighted by Gasteiger charge is -2.46. The number of hydrogen-bond donors (Lipinski definition) is 0. The van der Waals surface area contributed by atoms with Crippen molar-refractivity contribution < 1.29 is 14.3 Å². The summed E-state index contributed by atoms with van der Waals surface area (Å²) in [5, 5.41) is 20.3. The van der Waals surface area contributed by atoms with Crippen LogP contribution in [-0.2, 0) is 16.0 Å². The molecular formula is C24H26N8O3. The number of ether oxygens (including phenoxy) is 2. The lowest BCUT2D eigenvalue weighted by atomic mass is 10.0. The van der Waals surface area contributed by atoms with Crippen LogP contribution < -0.4 is 4.74 Å². The topological polar surface area (TPSA) is 122 Å². The molecule has 0 bridgehead atoms. The lowest BCUT2D eigenvalue weighted by molar-refractivity contribution is -0.139. The number of tetrazole rings is 1. The van der Waals surface area contributed by atoms with E-state index in [0.717, 1.165) is 29.8 Å². The van der Waals surface area contributed by atoms with E-state index in [1.165, 1.54) is 11.0 Å². The maximum absolute atomic E-state index is 13.1. The Morgan fingerprint density at radius 1 is 1.29 bits per heavy atom. The number of amides is 1. The van der Waals surface area contributed by atoms with Crippen LogP contribution in [0.4, 0.5) is 0 Å². The number of carbonyl (C=O) groups excluding carboxylic acids is 1. The fourth-order valence-electron chi connectivity index (χ4n) is 4.63. The van der Waals surface area contributed by atoms with E-state index in [1.54, 1.807) is 19.4 Å². The molecule has 0 saturated carbocycles. The number of aromatic nitrogens is 5. The molecule has 4 heterocycles. The van der Waals surface area contributed by atoms with Gasteiger partial charge in [0.15, 0.2) is 5.82 Å². The van der Waals surface area contributed by atoms with Crippen LogP contribution in [0.25, 0.3) is 5.82 Å². The monoisotopic (exact) mass is 474 g/mol. The van der Waals surface area contributed by atoms with Crippen molar-refractivity contribution in [1.82, 2.24) is 35.0 Å². The first-order valence-electron chi connectivity index (χ1n) is 11.5. The van der Waals surface area contributed by atoms with Crippen LogP contribution in [0.3, 0.4) is 0 Å².